The van der Waals surface area contributed by atoms with Gasteiger partial charge in [0.2, 0.25) is 0 Å². The van der Waals surface area contributed by atoms with Gasteiger partial charge in [-0.05, 0) is 37.1 Å². The predicted molar refractivity (Wildman–Crippen MR) is 129 cm³/mol. The molecule has 0 radical (unpaired) electrons. The molecule has 0 saturated heterocycles. The third kappa shape index (κ3) is 6.17. The van der Waals surface area contributed by atoms with Crippen molar-refractivity contribution in [3.05, 3.63) is 53.1 Å². The Bertz CT molecular complexity index is 1100. The second-order valence-corrected chi connectivity index (χ2v) is 10.4. The van der Waals surface area contributed by atoms with E-state index in [0.717, 1.165) is 0 Å². The van der Waals surface area contributed by atoms with Crippen molar-refractivity contribution in [2.24, 2.45) is 5.92 Å². The number of carbonyl (C=O) groups excluding carboxylic acids is 1. The van der Waals surface area contributed by atoms with Crippen LogP contribution in [-0.2, 0) is 14.8 Å². The number of amides is 1. The van der Waals surface area contributed by atoms with Crippen LogP contribution in [0.15, 0.2) is 47.4 Å². The Kier molecular flexibility index (Phi) is 8.23. The molecule has 33 heavy (non-hydrogen) atoms. The van der Waals surface area contributed by atoms with Gasteiger partial charge in [-0.1, -0.05) is 30.7 Å². The number of likely N-dealkylation sites (N-methyl/N-ethyl adjacent to an activating group) is 1. The number of sulfonamides is 1. The number of benzene rings is 2. The summed E-state index contributed by atoms with van der Waals surface area (Å²) >= 11 is 6.07. The number of ether oxygens (including phenoxy) is 2. The number of halogens is 1. The zero-order valence-corrected chi connectivity index (χ0v) is 20.7. The SMILES string of the molecule is CO[C@H]1CN(C)C(=O)c2ccc(NS(=O)(=O)c3ccccc3Cl)cc2OC[C@H](C)NC[C@@H]1C. The fourth-order valence-corrected chi connectivity index (χ4v) is 5.16. The van der Waals surface area contributed by atoms with Gasteiger partial charge in [0.05, 0.1) is 22.4 Å². The van der Waals surface area contributed by atoms with Crippen molar-refractivity contribution in [2.75, 3.05) is 38.6 Å². The summed E-state index contributed by atoms with van der Waals surface area (Å²) < 4.78 is 39.8. The first-order valence-electron chi connectivity index (χ1n) is 10.7. The lowest BCUT2D eigenvalue weighted by Crippen LogP contribution is -2.44. The van der Waals surface area contributed by atoms with Crippen LogP contribution in [0.3, 0.4) is 0 Å². The van der Waals surface area contributed by atoms with Gasteiger partial charge < -0.3 is 19.7 Å². The molecule has 0 spiro atoms. The lowest BCUT2D eigenvalue weighted by Gasteiger charge is -2.30. The van der Waals surface area contributed by atoms with E-state index >= 15 is 0 Å². The monoisotopic (exact) mass is 495 g/mol. The third-order valence-corrected chi connectivity index (χ3v) is 7.49. The molecule has 0 aliphatic carbocycles. The number of nitrogens with zero attached hydrogens (tertiary/aromatic N) is 1. The predicted octanol–water partition coefficient (Wildman–Crippen LogP) is 3.23. The second-order valence-electron chi connectivity index (χ2n) is 8.30. The van der Waals surface area contributed by atoms with Gasteiger partial charge >= 0.3 is 0 Å². The molecular weight excluding hydrogens is 466 g/mol. The first-order chi connectivity index (χ1) is 15.6. The van der Waals surface area contributed by atoms with E-state index in [1.807, 2.05) is 6.92 Å². The van der Waals surface area contributed by atoms with E-state index < -0.39 is 10.0 Å². The molecule has 1 aliphatic rings. The molecule has 0 unspecified atom stereocenters. The molecule has 2 N–H and O–H groups in total. The van der Waals surface area contributed by atoms with Crippen LogP contribution in [0.25, 0.3) is 0 Å². The van der Waals surface area contributed by atoms with E-state index in [2.05, 4.69) is 17.0 Å². The molecule has 3 atom stereocenters. The summed E-state index contributed by atoms with van der Waals surface area (Å²) in [6.07, 6.45) is -0.135. The molecule has 180 valence electrons. The molecule has 0 saturated carbocycles. The van der Waals surface area contributed by atoms with Crippen LogP contribution in [0, 0.1) is 5.92 Å². The van der Waals surface area contributed by atoms with Crippen LogP contribution in [0.4, 0.5) is 5.69 Å². The van der Waals surface area contributed by atoms with Gasteiger partial charge in [0.15, 0.2) is 0 Å². The standard InChI is InChI=1S/C23H30ClN3O5S/c1-15-12-25-16(2)14-32-20-11-17(26-33(29,30)22-8-6-5-7-19(22)24)9-10-18(20)23(28)27(3)13-21(15)31-4/h5-11,15-16,21,25-26H,12-14H2,1-4H3/t15-,16-,21-/m0/s1. The summed E-state index contributed by atoms with van der Waals surface area (Å²) in [6.45, 7) is 5.47. The molecule has 8 nitrogen and oxygen atoms in total. The molecule has 1 heterocycles. The van der Waals surface area contributed by atoms with Gasteiger partial charge in [0.25, 0.3) is 15.9 Å². The van der Waals surface area contributed by atoms with Crippen LogP contribution in [0.1, 0.15) is 24.2 Å². The fraction of sp³-hybridized carbons (Fsp3) is 0.435. The van der Waals surface area contributed by atoms with Gasteiger partial charge in [0.1, 0.15) is 17.3 Å². The van der Waals surface area contributed by atoms with Gasteiger partial charge in [-0.2, -0.15) is 0 Å². The summed E-state index contributed by atoms with van der Waals surface area (Å²) in [5, 5.41) is 3.53. The summed E-state index contributed by atoms with van der Waals surface area (Å²) in [6, 6.07) is 10.8. The summed E-state index contributed by atoms with van der Waals surface area (Å²) in [7, 11) is -0.573. The number of hydrogen-bond donors (Lipinski definition) is 2. The van der Waals surface area contributed by atoms with Crippen LogP contribution < -0.4 is 14.8 Å². The minimum Gasteiger partial charge on any atom is -0.491 e. The van der Waals surface area contributed by atoms with Crippen LogP contribution in [0.2, 0.25) is 5.02 Å². The topological polar surface area (TPSA) is 97.0 Å². The highest BCUT2D eigenvalue weighted by molar-refractivity contribution is 7.92. The zero-order valence-electron chi connectivity index (χ0n) is 19.2. The summed E-state index contributed by atoms with van der Waals surface area (Å²) in [5.74, 6) is 0.247. The number of fused-ring (bicyclic) bond motifs is 1. The fourth-order valence-electron chi connectivity index (χ4n) is 3.59. The number of rotatable bonds is 4. The number of anilines is 1. The highest BCUT2D eigenvalue weighted by Gasteiger charge is 2.26. The zero-order chi connectivity index (χ0) is 24.2. The number of nitrogens with one attached hydrogen (secondary N) is 2. The van der Waals surface area contributed by atoms with Gasteiger partial charge in [-0.3, -0.25) is 9.52 Å². The smallest absolute Gasteiger partial charge is 0.263 e. The largest absolute Gasteiger partial charge is 0.491 e. The van der Waals surface area contributed by atoms with Crippen LogP contribution in [0.5, 0.6) is 5.75 Å². The molecule has 3 rings (SSSR count). The van der Waals surface area contributed by atoms with Gasteiger partial charge in [-0.15, -0.1) is 0 Å². The average molecular weight is 496 g/mol. The van der Waals surface area contributed by atoms with Crippen LogP contribution in [-0.4, -0.2) is 65.2 Å². The van der Waals surface area contributed by atoms with E-state index in [1.54, 1.807) is 37.3 Å². The minimum atomic E-state index is -3.92. The van der Waals surface area contributed by atoms with E-state index in [1.165, 1.54) is 24.3 Å². The van der Waals surface area contributed by atoms with Gasteiger partial charge in [0, 0.05) is 39.4 Å². The number of carbonyl (C=O) groups is 1. The Labute approximate surface area is 200 Å². The van der Waals surface area contributed by atoms with Crippen LogP contribution >= 0.6 is 11.6 Å². The lowest BCUT2D eigenvalue weighted by atomic mass is 10.0. The van der Waals surface area contributed by atoms with Crippen molar-refractivity contribution in [3.63, 3.8) is 0 Å². The Morgan fingerprint density at radius 1 is 1.21 bits per heavy atom. The number of hydrogen-bond acceptors (Lipinski definition) is 6. The molecule has 0 fully saturated rings. The van der Waals surface area contributed by atoms with E-state index in [9.17, 15) is 13.2 Å². The third-order valence-electron chi connectivity index (χ3n) is 5.61. The maximum Gasteiger partial charge on any atom is 0.263 e. The highest BCUT2D eigenvalue weighted by atomic mass is 35.5. The van der Waals surface area contributed by atoms with Crippen molar-refractivity contribution in [3.8, 4) is 5.75 Å². The molecular formula is C23H30ClN3O5S. The van der Waals surface area contributed by atoms with E-state index in [-0.39, 0.29) is 39.6 Å². The molecule has 2 aromatic carbocycles. The van der Waals surface area contributed by atoms with Gasteiger partial charge in [-0.25, -0.2) is 8.42 Å². The highest BCUT2D eigenvalue weighted by Crippen LogP contribution is 2.29. The van der Waals surface area contributed by atoms with Crippen molar-refractivity contribution < 1.29 is 22.7 Å². The maximum absolute atomic E-state index is 13.2. The van der Waals surface area contributed by atoms with E-state index in [4.69, 9.17) is 21.1 Å². The maximum atomic E-state index is 13.2. The average Bonchev–Trinajstić information content (AvgIpc) is 2.78. The molecule has 1 aliphatic heterocycles. The van der Waals surface area contributed by atoms with Crippen molar-refractivity contribution >= 4 is 33.2 Å². The molecule has 10 heteroatoms. The first-order valence-corrected chi connectivity index (χ1v) is 12.5. The quantitative estimate of drug-likeness (QED) is 0.676. The molecule has 0 aromatic heterocycles. The lowest BCUT2D eigenvalue weighted by molar-refractivity contribution is 0.0281. The Hall–Kier alpha value is -2.33. The molecule has 1 amide bonds. The Morgan fingerprint density at radius 3 is 2.64 bits per heavy atom. The van der Waals surface area contributed by atoms with E-state index in [0.29, 0.717) is 31.0 Å². The second kappa shape index (κ2) is 10.7. The van der Waals surface area contributed by atoms with Crippen molar-refractivity contribution in [1.29, 1.82) is 0 Å². The molecule has 0 bridgehead atoms. The normalized spacial score (nSPS) is 22.5. The van der Waals surface area contributed by atoms with Crippen molar-refractivity contribution in [2.45, 2.75) is 30.9 Å². The minimum absolute atomic E-state index is 0.00791. The summed E-state index contributed by atoms with van der Waals surface area (Å²) in [5.41, 5.74) is 0.605. The van der Waals surface area contributed by atoms with Crippen molar-refractivity contribution in [1.82, 2.24) is 10.2 Å². The Balaban J connectivity index is 1.93. The molecule has 2 aromatic rings. The Morgan fingerprint density at radius 2 is 1.94 bits per heavy atom. The summed E-state index contributed by atoms with van der Waals surface area (Å²) in [4.78, 5) is 14.7. The number of methoxy groups -OCH3 is 1. The first kappa shape index (κ1) is 25.3.